The van der Waals surface area contributed by atoms with Crippen LogP contribution >= 0.6 is 25.6 Å². The zero-order valence-corrected chi connectivity index (χ0v) is 8.88. The van der Waals surface area contributed by atoms with Crippen molar-refractivity contribution >= 4 is 61.3 Å². The summed E-state index contributed by atoms with van der Waals surface area (Å²) in [6.07, 6.45) is 2.55. The third-order valence-corrected chi connectivity index (χ3v) is 1.36. The van der Waals surface area contributed by atoms with E-state index in [0.717, 1.165) is 3.71 Å². The van der Waals surface area contributed by atoms with Crippen LogP contribution in [-0.4, -0.2) is 57.5 Å². The molecule has 0 radical (unpaired) electrons. The summed E-state index contributed by atoms with van der Waals surface area (Å²) in [5.41, 5.74) is 0. The summed E-state index contributed by atoms with van der Waals surface area (Å²) < 4.78 is 0.749. The fourth-order valence-electron chi connectivity index (χ4n) is 0.584. The van der Waals surface area contributed by atoms with Gasteiger partial charge in [0.05, 0.1) is 13.1 Å². The number of carbonyl (C=O) groups is 1. The normalized spacial score (nSPS) is 8.79. The maximum absolute atomic E-state index is 10.9. The van der Waals surface area contributed by atoms with E-state index in [1.807, 2.05) is 0 Å². The van der Waals surface area contributed by atoms with Gasteiger partial charge in [-0.25, -0.2) is 4.79 Å². The summed E-state index contributed by atoms with van der Waals surface area (Å²) >= 11 is 7.30. The number of hydrogen-bond acceptors (Lipinski definition) is 5. The average Bonchev–Trinajstić information content (AvgIpc) is 2.05. The van der Waals surface area contributed by atoms with E-state index in [2.05, 4.69) is 38.8 Å². The van der Waals surface area contributed by atoms with Crippen LogP contribution in [0.2, 0.25) is 0 Å². The van der Waals surface area contributed by atoms with Crippen molar-refractivity contribution in [2.24, 2.45) is 0 Å². The summed E-state index contributed by atoms with van der Waals surface area (Å²) in [4.78, 5) is 15.8. The molecule has 0 aliphatic carbocycles. The van der Waals surface area contributed by atoms with Crippen LogP contribution in [0, 0.1) is 0 Å². The summed E-state index contributed by atoms with van der Waals surface area (Å²) in [5, 5.41) is 1.38. The molecule has 0 bridgehead atoms. The molecule has 0 fully saturated rings. The molecule has 0 unspecified atom stereocenters. The Labute approximate surface area is 117 Å². The van der Waals surface area contributed by atoms with Gasteiger partial charge in [-0.2, -0.15) is 3.71 Å². The number of carbonyl (C=O) groups excluding carboxylic acids is 1. The van der Waals surface area contributed by atoms with Gasteiger partial charge in [-0.15, -0.1) is 18.2 Å². The summed E-state index contributed by atoms with van der Waals surface area (Å²) in [7, 11) is 0. The van der Waals surface area contributed by atoms with E-state index in [1.165, 1.54) is 5.06 Å². The second kappa shape index (κ2) is 9.95. The van der Waals surface area contributed by atoms with Gasteiger partial charge in [-0.05, 0) is 25.6 Å². The number of thiol groups is 2. The topological polar surface area (TPSA) is 32.8 Å². The molecule has 0 aromatic heterocycles. The Morgan fingerprint density at radius 2 is 1.71 bits per heavy atom. The monoisotopic (exact) mass is 244 g/mol. The number of hydrogen-bond donors (Lipinski definition) is 2. The summed E-state index contributed by atoms with van der Waals surface area (Å²) in [5.74, 6) is 0. The molecule has 0 rings (SSSR count). The van der Waals surface area contributed by atoms with Crippen LogP contribution in [0.4, 0.5) is 4.79 Å². The second-order valence-electron chi connectivity index (χ2n) is 2.07. The third kappa shape index (κ3) is 7.78. The van der Waals surface area contributed by atoms with Gasteiger partial charge in [-0.3, -0.25) is 0 Å². The van der Waals surface area contributed by atoms with Crippen LogP contribution in [0.3, 0.4) is 0 Å². The van der Waals surface area contributed by atoms with Crippen molar-refractivity contribution in [2.75, 3.05) is 13.1 Å². The first-order valence-corrected chi connectivity index (χ1v) is 4.28. The van der Waals surface area contributed by atoms with Crippen molar-refractivity contribution in [3.63, 3.8) is 0 Å². The Morgan fingerprint density at radius 3 is 2.00 bits per heavy atom. The van der Waals surface area contributed by atoms with Gasteiger partial charge in [0.15, 0.2) is 0 Å². The molecule has 1 amide bonds. The SMILES string of the molecule is C=CCN(CC=C)OC(=O)N(S)S.[NaH]. The van der Waals surface area contributed by atoms with Crippen LogP contribution in [0.25, 0.3) is 0 Å². The first kappa shape index (κ1) is 16.8. The van der Waals surface area contributed by atoms with Crippen molar-refractivity contribution in [2.45, 2.75) is 0 Å². The number of hydroxylamine groups is 2. The van der Waals surface area contributed by atoms with Crippen molar-refractivity contribution in [1.29, 1.82) is 0 Å². The van der Waals surface area contributed by atoms with E-state index in [0.29, 0.717) is 13.1 Å². The molecule has 0 aliphatic rings. The van der Waals surface area contributed by atoms with E-state index < -0.39 is 6.09 Å². The van der Waals surface area contributed by atoms with Crippen LogP contribution in [0.15, 0.2) is 25.3 Å². The molecule has 4 nitrogen and oxygen atoms in total. The third-order valence-electron chi connectivity index (χ3n) is 1.04. The van der Waals surface area contributed by atoms with Gasteiger partial charge >= 0.3 is 35.7 Å². The van der Waals surface area contributed by atoms with Gasteiger partial charge in [0.1, 0.15) is 0 Å². The molecule has 0 aromatic rings. The van der Waals surface area contributed by atoms with Gasteiger partial charge < -0.3 is 4.84 Å². The molecule has 76 valence electrons. The standard InChI is InChI=1S/C7H12N2O2S2.Na.H/c1-3-5-8(6-4-2)11-7(10)9(12)13;;/h3-4,12-13H,1-2,5-6H2;;. The first-order valence-electron chi connectivity index (χ1n) is 3.48. The van der Waals surface area contributed by atoms with Gasteiger partial charge in [0.2, 0.25) is 0 Å². The molecule has 0 atom stereocenters. The molecule has 0 saturated heterocycles. The maximum atomic E-state index is 10.9. The van der Waals surface area contributed by atoms with Crippen LogP contribution in [-0.2, 0) is 4.84 Å². The van der Waals surface area contributed by atoms with Crippen molar-refractivity contribution in [3.8, 4) is 0 Å². The Kier molecular flexibility index (Phi) is 12.0. The van der Waals surface area contributed by atoms with Gasteiger partial charge in [0, 0.05) is 0 Å². The summed E-state index contributed by atoms with van der Waals surface area (Å²) in [6.45, 7) is 7.88. The van der Waals surface area contributed by atoms with E-state index in [4.69, 9.17) is 4.84 Å². The fraction of sp³-hybridized carbons (Fsp3) is 0.286. The van der Waals surface area contributed by atoms with Crippen molar-refractivity contribution in [1.82, 2.24) is 8.77 Å². The Bertz CT molecular complexity index is 192. The Hall–Kier alpha value is 0.410. The van der Waals surface area contributed by atoms with Gasteiger partial charge in [0.25, 0.3) is 0 Å². The predicted molar refractivity (Wildman–Crippen MR) is 65.4 cm³/mol. The van der Waals surface area contributed by atoms with E-state index in [9.17, 15) is 4.79 Å². The van der Waals surface area contributed by atoms with Crippen LogP contribution < -0.4 is 0 Å². The average molecular weight is 244 g/mol. The quantitative estimate of drug-likeness (QED) is 0.328. The molecule has 14 heavy (non-hydrogen) atoms. The van der Waals surface area contributed by atoms with E-state index >= 15 is 0 Å². The van der Waals surface area contributed by atoms with Crippen molar-refractivity contribution < 1.29 is 9.63 Å². The van der Waals surface area contributed by atoms with E-state index in [-0.39, 0.29) is 29.6 Å². The molecule has 0 aliphatic heterocycles. The number of nitrogens with zero attached hydrogens (tertiary/aromatic N) is 2. The first-order chi connectivity index (χ1) is 6.11. The molecule has 0 saturated carbocycles. The molecular formula is C7H13N2NaO2S2. The molecule has 0 heterocycles. The van der Waals surface area contributed by atoms with Crippen LogP contribution in [0.5, 0.6) is 0 Å². The van der Waals surface area contributed by atoms with E-state index in [1.54, 1.807) is 12.2 Å². The Morgan fingerprint density at radius 1 is 1.29 bits per heavy atom. The molecule has 7 heteroatoms. The molecule has 0 aromatic carbocycles. The van der Waals surface area contributed by atoms with Crippen molar-refractivity contribution in [3.05, 3.63) is 25.3 Å². The van der Waals surface area contributed by atoms with Gasteiger partial charge in [-0.1, -0.05) is 12.2 Å². The number of amides is 1. The minimum absolute atomic E-state index is 0. The Balaban J connectivity index is 0. The van der Waals surface area contributed by atoms with Crippen LogP contribution in [0.1, 0.15) is 0 Å². The minimum atomic E-state index is -0.671. The fourth-order valence-corrected chi connectivity index (χ4v) is 0.657. The molecule has 0 N–H and O–H groups in total. The molecular weight excluding hydrogens is 231 g/mol. The zero-order valence-electron chi connectivity index (χ0n) is 7.09. The summed E-state index contributed by atoms with van der Waals surface area (Å²) in [6, 6.07) is 0. The predicted octanol–water partition coefficient (Wildman–Crippen LogP) is 1.06. The second-order valence-corrected chi connectivity index (χ2v) is 3.19. The zero-order chi connectivity index (χ0) is 10.3. The molecule has 0 spiro atoms. The number of rotatable bonds is 5.